The average Bonchev–Trinajstić information content (AvgIpc) is 2.39. The van der Waals surface area contributed by atoms with Gasteiger partial charge in [0, 0.05) is 17.9 Å². The van der Waals surface area contributed by atoms with Gasteiger partial charge in [-0.1, -0.05) is 0 Å². The van der Waals surface area contributed by atoms with Crippen LogP contribution in [0.5, 0.6) is 0 Å². The molecule has 0 aliphatic rings. The van der Waals surface area contributed by atoms with Crippen LogP contribution in [-0.2, 0) is 16.0 Å². The van der Waals surface area contributed by atoms with Crippen LogP contribution in [-0.4, -0.2) is 40.8 Å². The number of nitrogens with two attached hydrogens (primary N) is 2. The fourth-order valence-corrected chi connectivity index (χ4v) is 2.03. The molecule has 23 heavy (non-hydrogen) atoms. The molecule has 1 rings (SSSR count). The number of aryl methyl sites for hydroxylation is 1. The van der Waals surface area contributed by atoms with Crippen molar-refractivity contribution in [2.75, 3.05) is 24.6 Å². The summed E-state index contributed by atoms with van der Waals surface area (Å²) < 4.78 is 5.23. The van der Waals surface area contributed by atoms with Crippen molar-refractivity contribution < 1.29 is 19.4 Å². The van der Waals surface area contributed by atoms with Crippen molar-refractivity contribution >= 4 is 23.4 Å². The van der Waals surface area contributed by atoms with Gasteiger partial charge in [0.25, 0.3) is 0 Å². The summed E-state index contributed by atoms with van der Waals surface area (Å²) in [5.41, 5.74) is 13.0. The van der Waals surface area contributed by atoms with Crippen molar-refractivity contribution in [3.05, 3.63) is 23.8 Å². The van der Waals surface area contributed by atoms with E-state index in [0.29, 0.717) is 24.2 Å². The third kappa shape index (κ3) is 6.90. The summed E-state index contributed by atoms with van der Waals surface area (Å²) in [5, 5.41) is 8.94. The van der Waals surface area contributed by atoms with E-state index in [9.17, 15) is 9.59 Å². The molecule has 0 fully saturated rings. The van der Waals surface area contributed by atoms with Crippen molar-refractivity contribution in [1.82, 2.24) is 4.90 Å². The molecule has 0 aliphatic heterocycles. The fourth-order valence-electron chi connectivity index (χ4n) is 2.03. The molecule has 7 heteroatoms. The molecule has 0 saturated carbocycles. The zero-order chi connectivity index (χ0) is 17.6. The van der Waals surface area contributed by atoms with Crippen molar-refractivity contribution in [2.24, 2.45) is 0 Å². The number of nitrogen functional groups attached to an aromatic ring is 2. The van der Waals surface area contributed by atoms with Crippen LogP contribution in [0.15, 0.2) is 18.2 Å². The number of hydrogen-bond acceptors (Lipinski definition) is 5. The molecule has 5 N–H and O–H groups in total. The monoisotopic (exact) mass is 323 g/mol. The second kappa shape index (κ2) is 7.71. The molecule has 0 atom stereocenters. The van der Waals surface area contributed by atoms with E-state index in [1.165, 1.54) is 4.90 Å². The summed E-state index contributed by atoms with van der Waals surface area (Å²) in [5.74, 6) is -1.08. The number of amides is 1. The predicted octanol–water partition coefficient (Wildman–Crippen LogP) is 2.11. The zero-order valence-electron chi connectivity index (χ0n) is 13.8. The minimum atomic E-state index is -1.08. The highest BCUT2D eigenvalue weighted by atomic mass is 16.6. The van der Waals surface area contributed by atoms with E-state index in [-0.39, 0.29) is 6.54 Å². The molecule has 1 aromatic rings. The Kier molecular flexibility index (Phi) is 6.24. The summed E-state index contributed by atoms with van der Waals surface area (Å²) in [6.07, 6.45) is 0.510. The molecule has 0 spiro atoms. The van der Waals surface area contributed by atoms with E-state index in [4.69, 9.17) is 21.3 Å². The van der Waals surface area contributed by atoms with Crippen LogP contribution < -0.4 is 11.5 Å². The van der Waals surface area contributed by atoms with Gasteiger partial charge < -0.3 is 21.3 Å². The maximum atomic E-state index is 12.1. The standard InChI is InChI=1S/C16H25N3O4/c1-16(2,3)23-15(22)19(10-14(20)21)8-4-5-11-9-12(17)6-7-13(11)18/h6-7,9H,4-5,8,10,17-18H2,1-3H3,(H,20,21). The Morgan fingerprint density at radius 2 is 1.91 bits per heavy atom. The van der Waals surface area contributed by atoms with Gasteiger partial charge in [0.2, 0.25) is 0 Å². The van der Waals surface area contributed by atoms with E-state index in [0.717, 1.165) is 5.56 Å². The number of ether oxygens (including phenoxy) is 1. The predicted molar refractivity (Wildman–Crippen MR) is 89.0 cm³/mol. The molecule has 0 bridgehead atoms. The third-order valence-corrected chi connectivity index (χ3v) is 3.02. The Balaban J connectivity index is 2.65. The molecule has 7 nitrogen and oxygen atoms in total. The van der Waals surface area contributed by atoms with Gasteiger partial charge in [-0.05, 0) is 57.4 Å². The van der Waals surface area contributed by atoms with Gasteiger partial charge in [0.1, 0.15) is 12.1 Å². The van der Waals surface area contributed by atoms with Gasteiger partial charge in [-0.3, -0.25) is 9.69 Å². The van der Waals surface area contributed by atoms with Crippen LogP contribution in [0.25, 0.3) is 0 Å². The van der Waals surface area contributed by atoms with Gasteiger partial charge in [-0.15, -0.1) is 0 Å². The first-order valence-electron chi connectivity index (χ1n) is 7.42. The Morgan fingerprint density at radius 1 is 1.26 bits per heavy atom. The number of anilines is 2. The lowest BCUT2D eigenvalue weighted by Gasteiger charge is -2.26. The summed E-state index contributed by atoms with van der Waals surface area (Å²) >= 11 is 0. The highest BCUT2D eigenvalue weighted by Gasteiger charge is 2.23. The number of hydrogen-bond donors (Lipinski definition) is 3. The number of nitrogens with zero attached hydrogens (tertiary/aromatic N) is 1. The molecule has 0 radical (unpaired) electrons. The number of carbonyl (C=O) groups is 2. The third-order valence-electron chi connectivity index (χ3n) is 3.02. The van der Waals surface area contributed by atoms with Crippen LogP contribution in [0.2, 0.25) is 0 Å². The second-order valence-electron chi connectivity index (χ2n) is 6.36. The van der Waals surface area contributed by atoms with Crippen molar-refractivity contribution in [1.29, 1.82) is 0 Å². The van der Waals surface area contributed by atoms with E-state index in [2.05, 4.69) is 0 Å². The van der Waals surface area contributed by atoms with Crippen molar-refractivity contribution in [3.63, 3.8) is 0 Å². The quantitative estimate of drug-likeness (QED) is 0.690. The molecule has 0 saturated heterocycles. The molecular formula is C16H25N3O4. The molecule has 0 aliphatic carbocycles. The van der Waals surface area contributed by atoms with Gasteiger partial charge >= 0.3 is 12.1 Å². The van der Waals surface area contributed by atoms with Crippen molar-refractivity contribution in [2.45, 2.75) is 39.2 Å². The second-order valence-corrected chi connectivity index (χ2v) is 6.36. The van der Waals surface area contributed by atoms with Crippen LogP contribution in [0.3, 0.4) is 0 Å². The lowest BCUT2D eigenvalue weighted by atomic mass is 10.1. The maximum absolute atomic E-state index is 12.1. The summed E-state index contributed by atoms with van der Waals surface area (Å²) in [4.78, 5) is 24.2. The van der Waals surface area contributed by atoms with E-state index in [1.54, 1.807) is 39.0 Å². The lowest BCUT2D eigenvalue weighted by molar-refractivity contribution is -0.138. The summed E-state index contributed by atoms with van der Waals surface area (Å²) in [6, 6.07) is 5.23. The Morgan fingerprint density at radius 3 is 2.48 bits per heavy atom. The number of aliphatic carboxylic acids is 1. The number of rotatable bonds is 6. The summed E-state index contributed by atoms with van der Waals surface area (Å²) in [7, 11) is 0. The average molecular weight is 323 g/mol. The number of carbonyl (C=O) groups excluding carboxylic acids is 1. The number of carboxylic acids is 1. The Hall–Kier alpha value is -2.44. The minimum absolute atomic E-state index is 0.259. The molecule has 0 aromatic heterocycles. The Labute approximate surface area is 136 Å². The topological polar surface area (TPSA) is 119 Å². The van der Waals surface area contributed by atoms with Crippen LogP contribution >= 0.6 is 0 Å². The molecule has 0 unspecified atom stereocenters. The fraction of sp³-hybridized carbons (Fsp3) is 0.500. The zero-order valence-corrected chi connectivity index (χ0v) is 13.8. The largest absolute Gasteiger partial charge is 0.480 e. The SMILES string of the molecule is CC(C)(C)OC(=O)N(CCCc1cc(N)ccc1N)CC(=O)O. The number of carboxylic acid groups (broad SMARTS) is 1. The van der Waals surface area contributed by atoms with Crippen LogP contribution in [0, 0.1) is 0 Å². The van der Waals surface area contributed by atoms with Gasteiger partial charge in [0.05, 0.1) is 0 Å². The molecule has 128 valence electrons. The first kappa shape index (κ1) is 18.6. The van der Waals surface area contributed by atoms with E-state index < -0.39 is 24.2 Å². The van der Waals surface area contributed by atoms with Crippen molar-refractivity contribution in [3.8, 4) is 0 Å². The van der Waals surface area contributed by atoms with Gasteiger partial charge in [-0.2, -0.15) is 0 Å². The maximum Gasteiger partial charge on any atom is 0.410 e. The summed E-state index contributed by atoms with van der Waals surface area (Å²) in [6.45, 7) is 5.06. The molecule has 1 aromatic carbocycles. The minimum Gasteiger partial charge on any atom is -0.480 e. The normalized spacial score (nSPS) is 11.1. The van der Waals surface area contributed by atoms with Gasteiger partial charge in [-0.25, -0.2) is 4.79 Å². The molecule has 1 amide bonds. The van der Waals surface area contributed by atoms with Gasteiger partial charge in [0.15, 0.2) is 0 Å². The highest BCUT2D eigenvalue weighted by molar-refractivity contribution is 5.76. The van der Waals surface area contributed by atoms with Crippen LogP contribution in [0.4, 0.5) is 16.2 Å². The first-order chi connectivity index (χ1) is 10.6. The molecular weight excluding hydrogens is 298 g/mol. The molecule has 0 heterocycles. The number of benzene rings is 1. The first-order valence-corrected chi connectivity index (χ1v) is 7.42. The van der Waals surface area contributed by atoms with Crippen LogP contribution in [0.1, 0.15) is 32.8 Å². The van der Waals surface area contributed by atoms with E-state index in [1.807, 2.05) is 0 Å². The smallest absolute Gasteiger partial charge is 0.410 e. The highest BCUT2D eigenvalue weighted by Crippen LogP contribution is 2.18. The lowest BCUT2D eigenvalue weighted by Crippen LogP contribution is -2.40. The Bertz CT molecular complexity index is 567. The van der Waals surface area contributed by atoms with E-state index >= 15 is 0 Å².